The molecule has 0 radical (unpaired) electrons. The van der Waals surface area contributed by atoms with Crippen molar-refractivity contribution in [3.63, 3.8) is 0 Å². The van der Waals surface area contributed by atoms with Crippen molar-refractivity contribution in [1.29, 1.82) is 0 Å². The van der Waals surface area contributed by atoms with Gasteiger partial charge in [-0.3, -0.25) is 4.79 Å². The summed E-state index contributed by atoms with van der Waals surface area (Å²) in [5, 5.41) is 15.6. The monoisotopic (exact) mass is 416 g/mol. The maximum Gasteiger partial charge on any atom is 0.226 e. The Labute approximate surface area is 173 Å². The minimum Gasteiger partial charge on any atom is -0.508 e. The van der Waals surface area contributed by atoms with E-state index in [2.05, 4.69) is 10.3 Å². The molecule has 3 aromatic rings. The zero-order valence-electron chi connectivity index (χ0n) is 15.2. The summed E-state index contributed by atoms with van der Waals surface area (Å²) in [5.74, 6) is 0.951. The lowest BCUT2D eigenvalue weighted by atomic mass is 10.1. The van der Waals surface area contributed by atoms with Crippen LogP contribution in [0.3, 0.4) is 0 Å². The first-order chi connectivity index (χ1) is 13.6. The number of hydrogen-bond donors (Lipinski definition) is 2. The number of aryl methyl sites for hydroxylation is 1. The number of phenolic OH excluding ortho intramolecular Hbond substituents is 1. The van der Waals surface area contributed by atoms with Gasteiger partial charge in [0.2, 0.25) is 5.91 Å². The number of nitrogens with one attached hydrogen (secondary N) is 1. The van der Waals surface area contributed by atoms with Crippen LogP contribution in [-0.4, -0.2) is 22.5 Å². The highest BCUT2D eigenvalue weighted by atomic mass is 35.5. The Morgan fingerprint density at radius 2 is 1.89 bits per heavy atom. The van der Waals surface area contributed by atoms with Gasteiger partial charge in [-0.2, -0.15) is 0 Å². The van der Waals surface area contributed by atoms with Crippen molar-refractivity contribution in [2.45, 2.75) is 25.9 Å². The van der Waals surface area contributed by atoms with Crippen molar-refractivity contribution in [1.82, 2.24) is 10.3 Å². The number of halogens is 1. The number of carbonyl (C=O) groups is 1. The van der Waals surface area contributed by atoms with E-state index in [-0.39, 0.29) is 18.1 Å². The molecular weight excluding hydrogens is 396 g/mol. The van der Waals surface area contributed by atoms with Crippen LogP contribution >= 0.6 is 22.9 Å². The maximum absolute atomic E-state index is 12.1. The second-order valence-electron chi connectivity index (χ2n) is 6.27. The molecule has 0 unspecified atom stereocenters. The van der Waals surface area contributed by atoms with E-state index in [1.54, 1.807) is 24.3 Å². The lowest BCUT2D eigenvalue weighted by molar-refractivity contribution is -0.120. The van der Waals surface area contributed by atoms with E-state index in [1.165, 1.54) is 11.3 Å². The molecule has 7 heteroatoms. The molecule has 0 bridgehead atoms. The molecule has 0 saturated carbocycles. The lowest BCUT2D eigenvalue weighted by Crippen LogP contribution is -2.26. The molecule has 3 rings (SSSR count). The third-order valence-electron chi connectivity index (χ3n) is 4.02. The number of aromatic nitrogens is 1. The summed E-state index contributed by atoms with van der Waals surface area (Å²) >= 11 is 7.33. The first kappa shape index (κ1) is 20.2. The van der Waals surface area contributed by atoms with Gasteiger partial charge >= 0.3 is 0 Å². The van der Waals surface area contributed by atoms with Crippen LogP contribution < -0.4 is 10.1 Å². The lowest BCUT2D eigenvalue weighted by Gasteiger charge is -2.05. The number of phenols is 1. The van der Waals surface area contributed by atoms with Crippen molar-refractivity contribution >= 4 is 28.8 Å². The molecule has 28 heavy (non-hydrogen) atoms. The van der Waals surface area contributed by atoms with Crippen LogP contribution in [0.5, 0.6) is 11.5 Å². The highest BCUT2D eigenvalue weighted by Gasteiger charge is 2.08. The summed E-state index contributed by atoms with van der Waals surface area (Å²) in [6, 6.07) is 14.3. The number of benzene rings is 2. The van der Waals surface area contributed by atoms with E-state index in [9.17, 15) is 9.90 Å². The molecule has 1 heterocycles. The zero-order chi connectivity index (χ0) is 19.8. The van der Waals surface area contributed by atoms with Gasteiger partial charge in [0.15, 0.2) is 0 Å². The number of amides is 1. The molecule has 1 aromatic heterocycles. The van der Waals surface area contributed by atoms with Crippen LogP contribution in [-0.2, 0) is 24.2 Å². The molecule has 1 amide bonds. The van der Waals surface area contributed by atoms with E-state index in [1.807, 2.05) is 29.6 Å². The molecule has 146 valence electrons. The summed E-state index contributed by atoms with van der Waals surface area (Å²) in [6.07, 6.45) is 1.95. The molecule has 0 spiro atoms. The quantitative estimate of drug-likeness (QED) is 0.508. The van der Waals surface area contributed by atoms with Gasteiger partial charge < -0.3 is 15.2 Å². The number of thiazole rings is 1. The Morgan fingerprint density at radius 1 is 1.14 bits per heavy atom. The minimum absolute atomic E-state index is 0.0406. The molecule has 0 aliphatic heterocycles. The van der Waals surface area contributed by atoms with Crippen LogP contribution in [0.4, 0.5) is 0 Å². The van der Waals surface area contributed by atoms with Gasteiger partial charge in [0.05, 0.1) is 12.1 Å². The second kappa shape index (κ2) is 10.1. The molecular formula is C21H21ClN2O3S. The number of carbonyl (C=O) groups excluding carboxylic acids is 1. The van der Waals surface area contributed by atoms with Gasteiger partial charge in [-0.05, 0) is 54.8 Å². The smallest absolute Gasteiger partial charge is 0.226 e. The largest absolute Gasteiger partial charge is 0.508 e. The predicted molar refractivity (Wildman–Crippen MR) is 111 cm³/mol. The van der Waals surface area contributed by atoms with E-state index in [0.29, 0.717) is 18.2 Å². The van der Waals surface area contributed by atoms with Crippen LogP contribution in [0.15, 0.2) is 53.9 Å². The summed E-state index contributed by atoms with van der Waals surface area (Å²) in [6.45, 7) is 0.969. The molecule has 2 aromatic carbocycles. The number of rotatable bonds is 9. The standard InChI is InChI=1S/C21H21ClN2O3S/c22-16-5-9-19(10-6-16)27-13-21-24-17(14-28-21)12-20(26)23-11-1-2-15-3-7-18(25)8-4-15/h3-10,14,25H,1-2,11-13H2,(H,23,26). The highest BCUT2D eigenvalue weighted by molar-refractivity contribution is 7.09. The first-order valence-corrected chi connectivity index (χ1v) is 10.2. The molecule has 0 atom stereocenters. The minimum atomic E-state index is -0.0406. The Hall–Kier alpha value is -2.57. The number of hydrogen-bond acceptors (Lipinski definition) is 5. The van der Waals surface area contributed by atoms with Crippen molar-refractivity contribution in [2.75, 3.05) is 6.54 Å². The fourth-order valence-corrected chi connectivity index (χ4v) is 3.41. The first-order valence-electron chi connectivity index (χ1n) is 8.95. The van der Waals surface area contributed by atoms with Crippen LogP contribution in [0.2, 0.25) is 5.02 Å². The van der Waals surface area contributed by atoms with E-state index < -0.39 is 0 Å². The van der Waals surface area contributed by atoms with Crippen molar-refractivity contribution in [2.24, 2.45) is 0 Å². The van der Waals surface area contributed by atoms with Crippen molar-refractivity contribution in [3.8, 4) is 11.5 Å². The molecule has 0 fully saturated rings. The summed E-state index contributed by atoms with van der Waals surface area (Å²) < 4.78 is 5.67. The molecule has 0 aliphatic rings. The van der Waals surface area contributed by atoms with Gasteiger partial charge in [0.25, 0.3) is 0 Å². The van der Waals surface area contributed by atoms with E-state index in [0.717, 1.165) is 34.9 Å². The van der Waals surface area contributed by atoms with Crippen LogP contribution in [0, 0.1) is 0 Å². The average Bonchev–Trinajstić information content (AvgIpc) is 3.13. The Bertz CT molecular complexity index is 895. The normalized spacial score (nSPS) is 10.6. The van der Waals surface area contributed by atoms with E-state index >= 15 is 0 Å². The van der Waals surface area contributed by atoms with Gasteiger partial charge in [-0.1, -0.05) is 23.7 Å². The Kier molecular flexibility index (Phi) is 7.28. The second-order valence-corrected chi connectivity index (χ2v) is 7.65. The predicted octanol–water partition coefficient (Wildman–Crippen LogP) is 4.37. The maximum atomic E-state index is 12.1. The van der Waals surface area contributed by atoms with Gasteiger partial charge in [0, 0.05) is 16.9 Å². The average molecular weight is 417 g/mol. The molecule has 0 saturated heterocycles. The van der Waals surface area contributed by atoms with Crippen LogP contribution in [0.25, 0.3) is 0 Å². The van der Waals surface area contributed by atoms with Gasteiger partial charge in [-0.15, -0.1) is 11.3 Å². The summed E-state index contributed by atoms with van der Waals surface area (Å²) in [4.78, 5) is 16.5. The molecule has 2 N–H and O–H groups in total. The van der Waals surface area contributed by atoms with Crippen LogP contribution in [0.1, 0.15) is 22.7 Å². The third-order valence-corrected chi connectivity index (χ3v) is 5.14. The summed E-state index contributed by atoms with van der Waals surface area (Å²) in [5.41, 5.74) is 1.88. The highest BCUT2D eigenvalue weighted by Crippen LogP contribution is 2.18. The third kappa shape index (κ3) is 6.55. The topological polar surface area (TPSA) is 71.5 Å². The zero-order valence-corrected chi connectivity index (χ0v) is 16.8. The number of nitrogens with zero attached hydrogens (tertiary/aromatic N) is 1. The van der Waals surface area contributed by atoms with Crippen molar-refractivity contribution in [3.05, 3.63) is 75.2 Å². The fourth-order valence-electron chi connectivity index (χ4n) is 2.58. The van der Waals surface area contributed by atoms with Gasteiger partial charge in [-0.25, -0.2) is 4.98 Å². The van der Waals surface area contributed by atoms with Crippen molar-refractivity contribution < 1.29 is 14.6 Å². The SMILES string of the molecule is O=C(Cc1csc(COc2ccc(Cl)cc2)n1)NCCCc1ccc(O)cc1. The molecule has 0 aliphatic carbocycles. The molecule has 5 nitrogen and oxygen atoms in total. The number of ether oxygens (including phenoxy) is 1. The Balaban J connectivity index is 1.36. The number of aromatic hydroxyl groups is 1. The Morgan fingerprint density at radius 3 is 2.64 bits per heavy atom. The van der Waals surface area contributed by atoms with E-state index in [4.69, 9.17) is 16.3 Å². The van der Waals surface area contributed by atoms with Gasteiger partial charge in [0.1, 0.15) is 23.1 Å². The fraction of sp³-hybridized carbons (Fsp3) is 0.238. The summed E-state index contributed by atoms with van der Waals surface area (Å²) in [7, 11) is 0.